The first-order chi connectivity index (χ1) is 14.6. The average molecular weight is 401 g/mol. The van der Waals surface area contributed by atoms with E-state index >= 15 is 0 Å². The summed E-state index contributed by atoms with van der Waals surface area (Å²) in [6.45, 7) is 0.401. The Bertz CT molecular complexity index is 1230. The SMILES string of the molecule is O=C(CCCc1ccc2ccc3cccc4ccc1c2c34)O[C@H]1CN[C@H](C(=O)O)C1. The molecule has 1 fully saturated rings. The zero-order valence-electron chi connectivity index (χ0n) is 16.6. The molecule has 1 aliphatic rings. The van der Waals surface area contributed by atoms with Gasteiger partial charge in [-0.15, -0.1) is 0 Å². The molecule has 0 unspecified atom stereocenters. The summed E-state index contributed by atoms with van der Waals surface area (Å²) < 4.78 is 5.44. The van der Waals surface area contributed by atoms with Gasteiger partial charge in [0.15, 0.2) is 0 Å². The summed E-state index contributed by atoms with van der Waals surface area (Å²) in [5.74, 6) is -1.16. The highest BCUT2D eigenvalue weighted by Crippen LogP contribution is 2.36. The Morgan fingerprint density at radius 1 is 0.967 bits per heavy atom. The summed E-state index contributed by atoms with van der Waals surface area (Å²) >= 11 is 0. The predicted octanol–water partition coefficient (Wildman–Crippen LogP) is 4.27. The monoisotopic (exact) mass is 401 g/mol. The van der Waals surface area contributed by atoms with Gasteiger partial charge in [-0.05, 0) is 50.7 Å². The largest absolute Gasteiger partial charge is 0.480 e. The first-order valence-electron chi connectivity index (χ1n) is 10.4. The van der Waals surface area contributed by atoms with E-state index in [0.29, 0.717) is 25.8 Å². The van der Waals surface area contributed by atoms with Crippen LogP contribution in [0.25, 0.3) is 32.3 Å². The number of nitrogens with one attached hydrogen (secondary N) is 1. The van der Waals surface area contributed by atoms with Gasteiger partial charge < -0.3 is 15.2 Å². The highest BCUT2D eigenvalue weighted by molar-refractivity contribution is 6.23. The van der Waals surface area contributed by atoms with Crippen LogP contribution in [-0.4, -0.2) is 35.7 Å². The Hall–Kier alpha value is -3.18. The second-order valence-electron chi connectivity index (χ2n) is 8.08. The van der Waals surface area contributed by atoms with Crippen LogP contribution in [0, 0.1) is 0 Å². The molecule has 0 aliphatic carbocycles. The van der Waals surface area contributed by atoms with Gasteiger partial charge in [0.2, 0.25) is 0 Å². The molecule has 1 aliphatic heterocycles. The van der Waals surface area contributed by atoms with Gasteiger partial charge in [0.25, 0.3) is 0 Å². The van der Waals surface area contributed by atoms with Crippen molar-refractivity contribution in [2.45, 2.75) is 37.8 Å². The van der Waals surface area contributed by atoms with Gasteiger partial charge >= 0.3 is 11.9 Å². The number of benzene rings is 4. The van der Waals surface area contributed by atoms with E-state index in [-0.39, 0.29) is 12.1 Å². The zero-order valence-corrected chi connectivity index (χ0v) is 16.6. The fraction of sp³-hybridized carbons (Fsp3) is 0.280. The minimum absolute atomic E-state index is 0.259. The zero-order chi connectivity index (χ0) is 20.7. The molecule has 5 heteroatoms. The Kier molecular flexibility index (Phi) is 4.75. The molecule has 0 spiro atoms. The van der Waals surface area contributed by atoms with Crippen molar-refractivity contribution in [3.63, 3.8) is 0 Å². The number of carboxylic acids is 1. The lowest BCUT2D eigenvalue weighted by molar-refractivity contribution is -0.149. The summed E-state index contributed by atoms with van der Waals surface area (Å²) in [4.78, 5) is 23.2. The van der Waals surface area contributed by atoms with Crippen LogP contribution in [0.2, 0.25) is 0 Å². The number of carboxylic acid groups (broad SMARTS) is 1. The van der Waals surface area contributed by atoms with Crippen molar-refractivity contribution in [3.8, 4) is 0 Å². The van der Waals surface area contributed by atoms with Crippen LogP contribution in [-0.2, 0) is 20.7 Å². The molecule has 0 radical (unpaired) electrons. The van der Waals surface area contributed by atoms with Crippen molar-refractivity contribution in [2.75, 3.05) is 6.54 Å². The lowest BCUT2D eigenvalue weighted by atomic mass is 9.90. The normalized spacial score (nSPS) is 19.1. The highest BCUT2D eigenvalue weighted by atomic mass is 16.5. The fourth-order valence-corrected chi connectivity index (χ4v) is 4.66. The van der Waals surface area contributed by atoms with E-state index in [1.165, 1.54) is 37.9 Å². The van der Waals surface area contributed by atoms with Gasteiger partial charge in [-0.25, -0.2) is 0 Å². The number of carbonyl (C=O) groups excluding carboxylic acids is 1. The van der Waals surface area contributed by atoms with Crippen molar-refractivity contribution in [1.82, 2.24) is 5.32 Å². The fourth-order valence-electron chi connectivity index (χ4n) is 4.66. The van der Waals surface area contributed by atoms with Gasteiger partial charge in [0.05, 0.1) is 0 Å². The van der Waals surface area contributed by atoms with Crippen LogP contribution in [0.15, 0.2) is 54.6 Å². The second kappa shape index (κ2) is 7.58. The number of carbonyl (C=O) groups is 2. The molecule has 30 heavy (non-hydrogen) atoms. The molecule has 0 amide bonds. The van der Waals surface area contributed by atoms with Crippen LogP contribution in [0.1, 0.15) is 24.8 Å². The van der Waals surface area contributed by atoms with Gasteiger partial charge in [0, 0.05) is 19.4 Å². The smallest absolute Gasteiger partial charge is 0.320 e. The van der Waals surface area contributed by atoms with E-state index in [1.54, 1.807) is 0 Å². The molecule has 1 heterocycles. The number of rotatable bonds is 6. The molecule has 5 rings (SSSR count). The Morgan fingerprint density at radius 2 is 1.67 bits per heavy atom. The number of ether oxygens (including phenoxy) is 1. The average Bonchev–Trinajstić information content (AvgIpc) is 3.21. The topological polar surface area (TPSA) is 75.6 Å². The summed E-state index contributed by atoms with van der Waals surface area (Å²) in [5.41, 5.74) is 1.24. The van der Waals surface area contributed by atoms with Crippen LogP contribution < -0.4 is 5.32 Å². The summed E-state index contributed by atoms with van der Waals surface area (Å²) in [6, 6.07) is 18.8. The number of esters is 1. The second-order valence-corrected chi connectivity index (χ2v) is 8.08. The lowest BCUT2D eigenvalue weighted by Gasteiger charge is -2.14. The van der Waals surface area contributed by atoms with E-state index in [9.17, 15) is 9.59 Å². The number of hydrogen-bond donors (Lipinski definition) is 2. The third-order valence-electron chi connectivity index (χ3n) is 6.13. The quantitative estimate of drug-likeness (QED) is 0.373. The maximum absolute atomic E-state index is 12.2. The van der Waals surface area contributed by atoms with Crippen molar-refractivity contribution in [1.29, 1.82) is 0 Å². The molecule has 4 aromatic carbocycles. The number of aryl methyl sites for hydroxylation is 1. The third kappa shape index (κ3) is 3.35. The molecule has 2 atom stereocenters. The molecule has 0 saturated carbocycles. The van der Waals surface area contributed by atoms with Crippen LogP contribution >= 0.6 is 0 Å². The van der Waals surface area contributed by atoms with Gasteiger partial charge in [-0.2, -0.15) is 0 Å². The Balaban J connectivity index is 1.29. The molecule has 0 bridgehead atoms. The van der Waals surface area contributed by atoms with Crippen LogP contribution in [0.5, 0.6) is 0 Å². The van der Waals surface area contributed by atoms with E-state index in [1.807, 2.05) is 0 Å². The molecule has 0 aromatic heterocycles. The van der Waals surface area contributed by atoms with E-state index in [4.69, 9.17) is 9.84 Å². The van der Waals surface area contributed by atoms with E-state index < -0.39 is 12.0 Å². The van der Waals surface area contributed by atoms with E-state index in [2.05, 4.69) is 59.9 Å². The molecule has 1 saturated heterocycles. The van der Waals surface area contributed by atoms with Crippen molar-refractivity contribution in [3.05, 3.63) is 60.2 Å². The predicted molar refractivity (Wildman–Crippen MR) is 117 cm³/mol. The minimum Gasteiger partial charge on any atom is -0.480 e. The number of hydrogen-bond acceptors (Lipinski definition) is 4. The maximum Gasteiger partial charge on any atom is 0.320 e. The van der Waals surface area contributed by atoms with Crippen LogP contribution in [0.3, 0.4) is 0 Å². The number of aliphatic carboxylic acids is 1. The molecule has 5 nitrogen and oxygen atoms in total. The lowest BCUT2D eigenvalue weighted by Crippen LogP contribution is -2.30. The van der Waals surface area contributed by atoms with Gasteiger partial charge in [0.1, 0.15) is 12.1 Å². The van der Waals surface area contributed by atoms with Crippen molar-refractivity contribution < 1.29 is 19.4 Å². The van der Waals surface area contributed by atoms with Crippen molar-refractivity contribution >= 4 is 44.3 Å². The Labute approximate surface area is 174 Å². The summed E-state index contributed by atoms with van der Waals surface area (Å²) in [7, 11) is 0. The van der Waals surface area contributed by atoms with Crippen molar-refractivity contribution in [2.24, 2.45) is 0 Å². The summed E-state index contributed by atoms with van der Waals surface area (Å²) in [5, 5.41) is 19.4. The molecular weight excluding hydrogens is 378 g/mol. The first kappa shape index (κ1) is 18.8. The maximum atomic E-state index is 12.2. The van der Waals surface area contributed by atoms with E-state index in [0.717, 1.165) is 6.42 Å². The molecular formula is C25H23NO4. The minimum atomic E-state index is -0.900. The summed E-state index contributed by atoms with van der Waals surface area (Å²) in [6.07, 6.45) is 1.80. The Morgan fingerprint density at radius 3 is 2.40 bits per heavy atom. The van der Waals surface area contributed by atoms with Gasteiger partial charge in [-0.1, -0.05) is 54.6 Å². The standard InChI is InChI=1S/C25H23NO4/c27-22(30-19-13-21(25(28)29)26-14-19)6-2-3-15-7-8-18-10-9-16-4-1-5-17-11-12-20(15)24(18)23(16)17/h1,4-5,7-12,19,21,26H,2-3,6,13-14H2,(H,28,29)/t19-,21+/m1/s1. The van der Waals surface area contributed by atoms with Crippen LogP contribution in [0.4, 0.5) is 0 Å². The molecule has 4 aromatic rings. The van der Waals surface area contributed by atoms with Gasteiger partial charge in [-0.3, -0.25) is 9.59 Å². The third-order valence-corrected chi connectivity index (χ3v) is 6.13. The highest BCUT2D eigenvalue weighted by Gasteiger charge is 2.31. The molecule has 2 N–H and O–H groups in total. The molecule has 152 valence electrons. The first-order valence-corrected chi connectivity index (χ1v) is 10.4.